The van der Waals surface area contributed by atoms with E-state index in [0.29, 0.717) is 6.42 Å². The summed E-state index contributed by atoms with van der Waals surface area (Å²) >= 11 is 0. The fourth-order valence-electron chi connectivity index (χ4n) is 3.13. The Bertz CT molecular complexity index is 950. The van der Waals surface area contributed by atoms with Gasteiger partial charge in [-0.3, -0.25) is 14.4 Å². The molecule has 1 aliphatic rings. The quantitative estimate of drug-likeness (QED) is 0.480. The van der Waals surface area contributed by atoms with E-state index < -0.39 is 17.9 Å². The summed E-state index contributed by atoms with van der Waals surface area (Å²) in [6, 6.07) is 11.8. The predicted molar refractivity (Wildman–Crippen MR) is 117 cm³/mol. The maximum atomic E-state index is 13.0. The van der Waals surface area contributed by atoms with Crippen LogP contribution in [0.2, 0.25) is 0 Å². The van der Waals surface area contributed by atoms with Crippen LogP contribution in [-0.4, -0.2) is 50.6 Å². The molecule has 2 aromatic rings. The third kappa shape index (κ3) is 6.13. The number of carbonyl (C=O) groups is 3. The van der Waals surface area contributed by atoms with Crippen molar-refractivity contribution < 1.29 is 28.6 Å². The van der Waals surface area contributed by atoms with Crippen molar-refractivity contribution in [2.24, 2.45) is 5.73 Å². The maximum Gasteiger partial charge on any atom is 0.255 e. The first-order chi connectivity index (χ1) is 15.4. The lowest BCUT2D eigenvalue weighted by Crippen LogP contribution is -2.48. The van der Waals surface area contributed by atoms with Gasteiger partial charge in [0.25, 0.3) is 11.8 Å². The molecular formula is C23H27N3O6. The molecule has 3 rings (SSSR count). The molecule has 1 fully saturated rings. The largest absolute Gasteiger partial charge is 0.493 e. The number of hydrogen-bond acceptors (Lipinski definition) is 6. The molecule has 0 bridgehead atoms. The first kappa shape index (κ1) is 22.9. The average Bonchev–Trinajstić information content (AvgIpc) is 3.61. The van der Waals surface area contributed by atoms with Crippen molar-refractivity contribution in [3.8, 4) is 17.2 Å². The molecule has 1 saturated carbocycles. The summed E-state index contributed by atoms with van der Waals surface area (Å²) in [5.74, 6) is -0.838. The first-order valence-electron chi connectivity index (χ1n) is 10.2. The van der Waals surface area contributed by atoms with E-state index in [1.807, 2.05) is 30.3 Å². The van der Waals surface area contributed by atoms with Crippen molar-refractivity contribution in [3.05, 3.63) is 53.6 Å². The summed E-state index contributed by atoms with van der Waals surface area (Å²) in [5.41, 5.74) is 6.27. The summed E-state index contributed by atoms with van der Waals surface area (Å²) < 4.78 is 16.0. The number of methoxy groups -OCH3 is 2. The molecule has 1 atom stereocenters. The van der Waals surface area contributed by atoms with Gasteiger partial charge in [-0.2, -0.15) is 0 Å². The van der Waals surface area contributed by atoms with Crippen LogP contribution < -0.4 is 30.6 Å². The molecule has 0 aromatic heterocycles. The SMILES string of the molecule is COc1cc(C(=O)NC(Cc2ccccc2)C(=O)NC2CC2)cc(OC)c1OCC(N)=O. The number of nitrogens with two attached hydrogens (primary N) is 1. The highest BCUT2D eigenvalue weighted by molar-refractivity contribution is 5.98. The highest BCUT2D eigenvalue weighted by atomic mass is 16.5. The van der Waals surface area contributed by atoms with Gasteiger partial charge in [-0.25, -0.2) is 0 Å². The van der Waals surface area contributed by atoms with Crippen molar-refractivity contribution in [2.45, 2.75) is 31.3 Å². The topological polar surface area (TPSA) is 129 Å². The molecule has 0 aliphatic heterocycles. The second-order valence-corrected chi connectivity index (χ2v) is 7.46. The van der Waals surface area contributed by atoms with Gasteiger partial charge in [0, 0.05) is 18.0 Å². The zero-order valence-electron chi connectivity index (χ0n) is 18.1. The van der Waals surface area contributed by atoms with Crippen molar-refractivity contribution in [3.63, 3.8) is 0 Å². The third-order valence-corrected chi connectivity index (χ3v) is 4.91. The summed E-state index contributed by atoms with van der Waals surface area (Å²) in [4.78, 5) is 36.9. The van der Waals surface area contributed by atoms with E-state index in [2.05, 4.69) is 10.6 Å². The summed E-state index contributed by atoms with van der Waals surface area (Å²) in [6.07, 6.45) is 2.23. The highest BCUT2D eigenvalue weighted by Gasteiger charge is 2.29. The minimum Gasteiger partial charge on any atom is -0.493 e. The normalized spacial score (nSPS) is 13.6. The number of primary amides is 1. The van der Waals surface area contributed by atoms with Gasteiger partial charge >= 0.3 is 0 Å². The van der Waals surface area contributed by atoms with Gasteiger partial charge in [0.2, 0.25) is 11.7 Å². The Morgan fingerprint density at radius 3 is 2.22 bits per heavy atom. The molecule has 3 amide bonds. The highest BCUT2D eigenvalue weighted by Crippen LogP contribution is 2.38. The second-order valence-electron chi connectivity index (χ2n) is 7.46. The van der Waals surface area contributed by atoms with E-state index in [0.717, 1.165) is 18.4 Å². The van der Waals surface area contributed by atoms with E-state index in [4.69, 9.17) is 19.9 Å². The summed E-state index contributed by atoms with van der Waals surface area (Å²) in [6.45, 7) is -0.376. The molecule has 1 aliphatic carbocycles. The van der Waals surface area contributed by atoms with E-state index in [-0.39, 0.29) is 41.4 Å². The number of amides is 3. The number of benzene rings is 2. The Morgan fingerprint density at radius 1 is 1.06 bits per heavy atom. The number of rotatable bonds is 11. The molecule has 32 heavy (non-hydrogen) atoms. The molecule has 0 saturated heterocycles. The third-order valence-electron chi connectivity index (χ3n) is 4.91. The lowest BCUT2D eigenvalue weighted by atomic mass is 10.0. The van der Waals surface area contributed by atoms with Crippen molar-refractivity contribution in [1.82, 2.24) is 10.6 Å². The molecule has 170 valence electrons. The molecule has 0 heterocycles. The fourth-order valence-corrected chi connectivity index (χ4v) is 3.13. The van der Waals surface area contributed by atoms with Crippen LogP contribution in [0, 0.1) is 0 Å². The molecular weight excluding hydrogens is 414 g/mol. The zero-order valence-corrected chi connectivity index (χ0v) is 18.1. The van der Waals surface area contributed by atoms with Crippen LogP contribution in [0.5, 0.6) is 17.2 Å². The minimum absolute atomic E-state index is 0.151. The van der Waals surface area contributed by atoms with E-state index in [1.54, 1.807) is 0 Å². The van der Waals surface area contributed by atoms with Crippen LogP contribution in [0.15, 0.2) is 42.5 Å². The monoisotopic (exact) mass is 441 g/mol. The van der Waals surface area contributed by atoms with Crippen molar-refractivity contribution >= 4 is 17.7 Å². The standard InChI is InChI=1S/C23H27N3O6/c1-30-18-11-15(12-19(31-2)21(18)32-13-20(24)27)22(28)26-17(23(29)25-16-8-9-16)10-14-6-4-3-5-7-14/h3-7,11-12,16-17H,8-10,13H2,1-2H3,(H2,24,27)(H,25,29)(H,26,28). The van der Waals surface area contributed by atoms with E-state index in [9.17, 15) is 14.4 Å². The van der Waals surface area contributed by atoms with Gasteiger partial charge in [0.15, 0.2) is 18.1 Å². The van der Waals surface area contributed by atoms with Crippen LogP contribution in [0.4, 0.5) is 0 Å². The fraction of sp³-hybridized carbons (Fsp3) is 0.348. The molecule has 2 aromatic carbocycles. The minimum atomic E-state index is -0.756. The lowest BCUT2D eigenvalue weighted by Gasteiger charge is -2.20. The van der Waals surface area contributed by atoms with Gasteiger partial charge in [-0.15, -0.1) is 0 Å². The molecule has 9 heteroatoms. The Hall–Kier alpha value is -3.75. The smallest absolute Gasteiger partial charge is 0.255 e. The lowest BCUT2D eigenvalue weighted by molar-refractivity contribution is -0.123. The van der Waals surface area contributed by atoms with E-state index >= 15 is 0 Å². The predicted octanol–water partition coefficient (Wildman–Crippen LogP) is 1.19. The number of nitrogens with one attached hydrogen (secondary N) is 2. The Kier molecular flexibility index (Phi) is 7.54. The Balaban J connectivity index is 1.82. The summed E-state index contributed by atoms with van der Waals surface area (Å²) in [7, 11) is 2.80. The molecule has 4 N–H and O–H groups in total. The summed E-state index contributed by atoms with van der Waals surface area (Å²) in [5, 5.41) is 5.76. The number of hydrogen-bond donors (Lipinski definition) is 3. The average molecular weight is 441 g/mol. The number of carbonyl (C=O) groups excluding carboxylic acids is 3. The zero-order chi connectivity index (χ0) is 23.1. The van der Waals surface area contributed by atoms with Crippen molar-refractivity contribution in [2.75, 3.05) is 20.8 Å². The van der Waals surface area contributed by atoms with Crippen LogP contribution in [0.1, 0.15) is 28.8 Å². The molecule has 9 nitrogen and oxygen atoms in total. The van der Waals surface area contributed by atoms with Gasteiger partial charge in [-0.1, -0.05) is 30.3 Å². The van der Waals surface area contributed by atoms with Crippen molar-refractivity contribution in [1.29, 1.82) is 0 Å². The molecule has 0 spiro atoms. The van der Waals surface area contributed by atoms with Gasteiger partial charge in [0.1, 0.15) is 6.04 Å². The van der Waals surface area contributed by atoms with Gasteiger partial charge < -0.3 is 30.6 Å². The Morgan fingerprint density at radius 2 is 1.69 bits per heavy atom. The Labute approximate surface area is 186 Å². The van der Waals surface area contributed by atoms with Gasteiger partial charge in [-0.05, 0) is 30.5 Å². The van der Waals surface area contributed by atoms with Gasteiger partial charge in [0.05, 0.1) is 14.2 Å². The van der Waals surface area contributed by atoms with Crippen LogP contribution >= 0.6 is 0 Å². The van der Waals surface area contributed by atoms with Crippen LogP contribution in [0.25, 0.3) is 0 Å². The molecule has 0 radical (unpaired) electrons. The number of ether oxygens (including phenoxy) is 3. The second kappa shape index (κ2) is 10.5. The maximum absolute atomic E-state index is 13.0. The van der Waals surface area contributed by atoms with Crippen LogP contribution in [0.3, 0.4) is 0 Å². The first-order valence-corrected chi connectivity index (χ1v) is 10.2. The van der Waals surface area contributed by atoms with E-state index in [1.165, 1.54) is 26.4 Å². The molecule has 1 unspecified atom stereocenters. The van der Waals surface area contributed by atoms with Crippen LogP contribution in [-0.2, 0) is 16.0 Å².